The Morgan fingerprint density at radius 1 is 1.23 bits per heavy atom. The van der Waals surface area contributed by atoms with Crippen LogP contribution in [0.4, 0.5) is 10.1 Å². The number of methoxy groups -OCH3 is 1. The van der Waals surface area contributed by atoms with Crippen LogP contribution in [0.25, 0.3) is 0 Å². The number of carbonyl (C=O) groups is 1. The number of ether oxygens (including phenoxy) is 1. The number of anilines is 1. The molecule has 9 heteroatoms. The van der Waals surface area contributed by atoms with Crippen LogP contribution in [0.1, 0.15) is 13.3 Å². The van der Waals surface area contributed by atoms with Gasteiger partial charge < -0.3 is 10.1 Å². The minimum atomic E-state index is -3.98. The second-order valence-electron chi connectivity index (χ2n) is 5.37. The molecule has 0 fully saturated rings. The molecule has 0 saturated heterocycles. The van der Waals surface area contributed by atoms with E-state index in [1.165, 1.54) is 13.2 Å². The van der Waals surface area contributed by atoms with E-state index < -0.39 is 27.8 Å². The van der Waals surface area contributed by atoms with Gasteiger partial charge in [-0.1, -0.05) is 18.5 Å². The summed E-state index contributed by atoms with van der Waals surface area (Å²) in [5.74, 6) is -0.737. The van der Waals surface area contributed by atoms with Crippen molar-refractivity contribution < 1.29 is 22.3 Å². The maximum atomic E-state index is 13.0. The van der Waals surface area contributed by atoms with Gasteiger partial charge in [-0.25, -0.2) is 12.8 Å². The zero-order chi connectivity index (χ0) is 19.3. The molecule has 140 valence electrons. The third kappa shape index (κ3) is 4.94. The molecule has 26 heavy (non-hydrogen) atoms. The highest BCUT2D eigenvalue weighted by atomic mass is 35.5. The number of rotatable bonds is 7. The number of hydrogen-bond acceptors (Lipinski definition) is 4. The smallest absolute Gasteiger partial charge is 0.242 e. The lowest BCUT2D eigenvalue weighted by Gasteiger charge is -2.18. The number of hydrogen-bond donors (Lipinski definition) is 2. The Morgan fingerprint density at radius 2 is 1.88 bits per heavy atom. The monoisotopic (exact) mass is 400 g/mol. The summed E-state index contributed by atoms with van der Waals surface area (Å²) in [7, 11) is -2.55. The van der Waals surface area contributed by atoms with Gasteiger partial charge in [0.2, 0.25) is 15.9 Å². The van der Waals surface area contributed by atoms with Gasteiger partial charge in [-0.05, 0) is 48.9 Å². The fraction of sp³-hybridized carbons (Fsp3) is 0.235. The number of carbonyl (C=O) groups excluding carboxylic acids is 1. The third-order valence-electron chi connectivity index (χ3n) is 3.57. The van der Waals surface area contributed by atoms with Crippen LogP contribution in [-0.2, 0) is 14.8 Å². The predicted molar refractivity (Wildman–Crippen MR) is 97.4 cm³/mol. The van der Waals surface area contributed by atoms with E-state index in [1.54, 1.807) is 19.1 Å². The van der Waals surface area contributed by atoms with Crippen molar-refractivity contribution in [1.82, 2.24) is 4.72 Å². The minimum absolute atomic E-state index is 0.134. The molecule has 1 amide bonds. The van der Waals surface area contributed by atoms with Crippen molar-refractivity contribution in [2.24, 2.45) is 0 Å². The standard InChI is InChI=1S/C17H18ClFN2O4S/c1-3-14(21-26(23,24)13-7-5-12(19)6-8-13)17(22)20-15-10-11(18)4-9-16(15)25-2/h4-10,14,21H,3H2,1-2H3,(H,20,22). The molecule has 0 aliphatic carbocycles. The Labute approximate surface area is 156 Å². The van der Waals surface area contributed by atoms with Gasteiger partial charge in [-0.2, -0.15) is 4.72 Å². The summed E-state index contributed by atoms with van der Waals surface area (Å²) in [6.45, 7) is 1.66. The zero-order valence-corrected chi connectivity index (χ0v) is 15.7. The molecule has 6 nitrogen and oxygen atoms in total. The Hall–Kier alpha value is -2.16. The summed E-state index contributed by atoms with van der Waals surface area (Å²) >= 11 is 5.92. The minimum Gasteiger partial charge on any atom is -0.495 e. The van der Waals surface area contributed by atoms with Crippen LogP contribution in [0, 0.1) is 5.82 Å². The fourth-order valence-electron chi connectivity index (χ4n) is 2.19. The van der Waals surface area contributed by atoms with Crippen molar-refractivity contribution in [3.63, 3.8) is 0 Å². The Balaban J connectivity index is 2.19. The van der Waals surface area contributed by atoms with E-state index in [-0.39, 0.29) is 11.3 Å². The van der Waals surface area contributed by atoms with Crippen molar-refractivity contribution in [3.05, 3.63) is 53.3 Å². The summed E-state index contributed by atoms with van der Waals surface area (Å²) in [5, 5.41) is 2.99. The average molecular weight is 401 g/mol. The molecule has 0 aliphatic heterocycles. The summed E-state index contributed by atoms with van der Waals surface area (Å²) in [5.41, 5.74) is 0.324. The Bertz CT molecular complexity index is 888. The molecule has 2 rings (SSSR count). The van der Waals surface area contributed by atoms with E-state index in [9.17, 15) is 17.6 Å². The van der Waals surface area contributed by atoms with Crippen molar-refractivity contribution in [2.75, 3.05) is 12.4 Å². The van der Waals surface area contributed by atoms with Gasteiger partial charge in [0.05, 0.1) is 17.7 Å². The highest BCUT2D eigenvalue weighted by Gasteiger charge is 2.25. The molecular formula is C17H18ClFN2O4S. The number of sulfonamides is 1. The van der Waals surface area contributed by atoms with Crippen LogP contribution in [0.2, 0.25) is 5.02 Å². The van der Waals surface area contributed by atoms with Crippen LogP contribution in [-0.4, -0.2) is 27.5 Å². The van der Waals surface area contributed by atoms with Crippen molar-refractivity contribution >= 4 is 33.2 Å². The molecule has 0 spiro atoms. The van der Waals surface area contributed by atoms with Crippen molar-refractivity contribution in [2.45, 2.75) is 24.3 Å². The number of halogens is 2. The first-order valence-electron chi connectivity index (χ1n) is 7.69. The maximum absolute atomic E-state index is 13.0. The highest BCUT2D eigenvalue weighted by molar-refractivity contribution is 7.89. The summed E-state index contributed by atoms with van der Waals surface area (Å²) in [6, 6.07) is 7.98. The van der Waals surface area contributed by atoms with Gasteiger partial charge in [0.15, 0.2) is 0 Å². The molecule has 0 aliphatic rings. The van der Waals surface area contributed by atoms with E-state index in [4.69, 9.17) is 16.3 Å². The summed E-state index contributed by atoms with van der Waals surface area (Å²) in [6.07, 6.45) is 0.204. The lowest BCUT2D eigenvalue weighted by Crippen LogP contribution is -2.43. The van der Waals surface area contributed by atoms with Crippen molar-refractivity contribution in [1.29, 1.82) is 0 Å². The zero-order valence-electron chi connectivity index (χ0n) is 14.1. The second kappa shape index (κ2) is 8.48. The van der Waals surface area contributed by atoms with E-state index >= 15 is 0 Å². The van der Waals surface area contributed by atoms with Crippen molar-refractivity contribution in [3.8, 4) is 5.75 Å². The largest absolute Gasteiger partial charge is 0.495 e. The average Bonchev–Trinajstić information content (AvgIpc) is 2.60. The summed E-state index contributed by atoms with van der Waals surface area (Å²) in [4.78, 5) is 12.4. The Kier molecular flexibility index (Phi) is 6.57. The normalized spacial score (nSPS) is 12.5. The number of nitrogens with one attached hydrogen (secondary N) is 2. The van der Waals surface area contributed by atoms with E-state index in [0.717, 1.165) is 24.3 Å². The predicted octanol–water partition coefficient (Wildman–Crippen LogP) is 3.18. The maximum Gasteiger partial charge on any atom is 0.242 e. The van der Waals surface area contributed by atoms with Gasteiger partial charge in [-0.15, -0.1) is 0 Å². The van der Waals surface area contributed by atoms with Gasteiger partial charge >= 0.3 is 0 Å². The molecular weight excluding hydrogens is 383 g/mol. The molecule has 0 heterocycles. The van der Waals surface area contributed by atoms with Gasteiger partial charge in [0.1, 0.15) is 17.6 Å². The molecule has 0 aromatic heterocycles. The quantitative estimate of drug-likeness (QED) is 0.747. The first-order chi connectivity index (χ1) is 12.3. The Morgan fingerprint density at radius 3 is 2.46 bits per heavy atom. The third-order valence-corrected chi connectivity index (χ3v) is 5.29. The molecule has 2 aromatic carbocycles. The number of benzene rings is 2. The molecule has 2 N–H and O–H groups in total. The van der Waals surface area contributed by atoms with Crippen LogP contribution in [0.5, 0.6) is 5.75 Å². The molecule has 2 aromatic rings. The van der Waals surface area contributed by atoms with E-state index in [1.807, 2.05) is 0 Å². The molecule has 0 saturated carbocycles. The van der Waals surface area contributed by atoms with Crippen LogP contribution in [0.3, 0.4) is 0 Å². The first kappa shape index (κ1) is 20.2. The van der Waals surface area contributed by atoms with Gasteiger partial charge in [-0.3, -0.25) is 4.79 Å². The first-order valence-corrected chi connectivity index (χ1v) is 9.55. The van der Waals surface area contributed by atoms with Crippen LogP contribution >= 0.6 is 11.6 Å². The fourth-order valence-corrected chi connectivity index (χ4v) is 3.64. The van der Waals surface area contributed by atoms with Crippen LogP contribution in [0.15, 0.2) is 47.4 Å². The SMILES string of the molecule is CCC(NS(=O)(=O)c1ccc(F)cc1)C(=O)Nc1cc(Cl)ccc1OC. The lowest BCUT2D eigenvalue weighted by atomic mass is 10.2. The van der Waals surface area contributed by atoms with Crippen LogP contribution < -0.4 is 14.8 Å². The second-order valence-corrected chi connectivity index (χ2v) is 7.52. The molecule has 0 radical (unpaired) electrons. The van der Waals surface area contributed by atoms with Gasteiger partial charge in [0, 0.05) is 5.02 Å². The lowest BCUT2D eigenvalue weighted by molar-refractivity contribution is -0.117. The van der Waals surface area contributed by atoms with E-state index in [0.29, 0.717) is 16.5 Å². The molecule has 1 atom stereocenters. The highest BCUT2D eigenvalue weighted by Crippen LogP contribution is 2.28. The molecule has 1 unspecified atom stereocenters. The molecule has 0 bridgehead atoms. The summed E-state index contributed by atoms with van der Waals surface area (Å²) < 4.78 is 45.2. The van der Waals surface area contributed by atoms with Gasteiger partial charge in [0.25, 0.3) is 0 Å². The number of amides is 1. The topological polar surface area (TPSA) is 84.5 Å². The van der Waals surface area contributed by atoms with E-state index in [2.05, 4.69) is 10.0 Å².